The van der Waals surface area contributed by atoms with Crippen LogP contribution in [0.4, 0.5) is 5.69 Å². The van der Waals surface area contributed by atoms with Gasteiger partial charge in [-0.2, -0.15) is 0 Å². The highest BCUT2D eigenvalue weighted by atomic mass is 35.5. The first-order valence-corrected chi connectivity index (χ1v) is 13.0. The Hall–Kier alpha value is -2.29. The van der Waals surface area contributed by atoms with Gasteiger partial charge in [-0.05, 0) is 49.6 Å². The molecule has 1 N–H and O–H groups in total. The van der Waals surface area contributed by atoms with Crippen LogP contribution in [0.15, 0.2) is 42.5 Å². The molecule has 2 rings (SSSR count). The molecule has 0 aromatic heterocycles. The predicted octanol–water partition coefficient (Wildman–Crippen LogP) is 4.01. The van der Waals surface area contributed by atoms with E-state index < -0.39 is 16.1 Å². The zero-order valence-electron chi connectivity index (χ0n) is 19.1. The van der Waals surface area contributed by atoms with Gasteiger partial charge in [-0.15, -0.1) is 0 Å². The van der Waals surface area contributed by atoms with Crippen LogP contribution in [-0.4, -0.2) is 51.0 Å². The summed E-state index contributed by atoms with van der Waals surface area (Å²) in [6, 6.07) is 11.5. The summed E-state index contributed by atoms with van der Waals surface area (Å²) in [5.74, 6) is -0.579. The summed E-state index contributed by atoms with van der Waals surface area (Å²) in [4.78, 5) is 26.8. The van der Waals surface area contributed by atoms with Crippen LogP contribution in [0.25, 0.3) is 0 Å². The van der Waals surface area contributed by atoms with Gasteiger partial charge in [0.1, 0.15) is 6.04 Å². The van der Waals surface area contributed by atoms with Gasteiger partial charge in [-0.3, -0.25) is 13.9 Å². The molecule has 0 aliphatic carbocycles. The molecule has 0 bridgehead atoms. The summed E-state index contributed by atoms with van der Waals surface area (Å²) in [5.41, 5.74) is 1.84. The van der Waals surface area contributed by atoms with Crippen molar-refractivity contribution in [3.8, 4) is 0 Å². The Morgan fingerprint density at radius 2 is 1.70 bits per heavy atom. The summed E-state index contributed by atoms with van der Waals surface area (Å²) >= 11 is 12.4. The zero-order chi connectivity index (χ0) is 24.8. The number of carbonyl (C=O) groups is 2. The van der Waals surface area contributed by atoms with Gasteiger partial charge in [-0.25, -0.2) is 8.42 Å². The molecule has 2 amide bonds. The number of benzene rings is 2. The summed E-state index contributed by atoms with van der Waals surface area (Å²) in [6.07, 6.45) is 1.43. The van der Waals surface area contributed by atoms with Gasteiger partial charge in [0.15, 0.2) is 0 Å². The molecule has 1 atom stereocenters. The van der Waals surface area contributed by atoms with Crippen LogP contribution in [0.1, 0.15) is 30.9 Å². The molecule has 0 aliphatic heterocycles. The number of nitrogens with one attached hydrogen (secondary N) is 1. The molecule has 180 valence electrons. The molecule has 0 heterocycles. The first kappa shape index (κ1) is 27.0. The lowest BCUT2D eigenvalue weighted by molar-refractivity contribution is -0.140. The van der Waals surface area contributed by atoms with E-state index in [0.29, 0.717) is 21.3 Å². The highest BCUT2D eigenvalue weighted by Gasteiger charge is 2.27. The molecule has 0 aliphatic rings. The topological polar surface area (TPSA) is 86.8 Å². The van der Waals surface area contributed by atoms with Crippen molar-refractivity contribution >= 4 is 50.7 Å². The number of likely N-dealkylation sites (N-methyl/N-ethyl adjacent to an activating group) is 1. The Bertz CT molecular complexity index is 1110. The second-order valence-electron chi connectivity index (χ2n) is 7.73. The number of halogens is 2. The van der Waals surface area contributed by atoms with Crippen LogP contribution >= 0.6 is 23.2 Å². The Kier molecular flexibility index (Phi) is 9.57. The monoisotopic (exact) mass is 513 g/mol. The van der Waals surface area contributed by atoms with Crippen LogP contribution in [0.5, 0.6) is 0 Å². The van der Waals surface area contributed by atoms with E-state index >= 15 is 0 Å². The lowest BCUT2D eigenvalue weighted by Crippen LogP contribution is -2.46. The number of sulfonamides is 1. The van der Waals surface area contributed by atoms with Crippen molar-refractivity contribution in [2.45, 2.75) is 39.3 Å². The number of hydrogen-bond acceptors (Lipinski definition) is 4. The van der Waals surface area contributed by atoms with E-state index in [-0.39, 0.29) is 37.7 Å². The van der Waals surface area contributed by atoms with Crippen molar-refractivity contribution in [3.05, 3.63) is 63.6 Å². The van der Waals surface area contributed by atoms with E-state index in [9.17, 15) is 18.0 Å². The molecule has 0 spiro atoms. The summed E-state index contributed by atoms with van der Waals surface area (Å²) in [5, 5.41) is 3.52. The fraction of sp³-hybridized carbons (Fsp3) is 0.391. The van der Waals surface area contributed by atoms with Crippen molar-refractivity contribution in [2.75, 3.05) is 24.2 Å². The molecule has 0 radical (unpaired) electrons. The van der Waals surface area contributed by atoms with E-state index in [2.05, 4.69) is 5.32 Å². The molecule has 7 nitrogen and oxygen atoms in total. The van der Waals surface area contributed by atoms with Gasteiger partial charge >= 0.3 is 0 Å². The van der Waals surface area contributed by atoms with Crippen molar-refractivity contribution in [1.29, 1.82) is 0 Å². The standard InChI is InChI=1S/C23H29Cl2N3O4S/c1-16-19(24)11-7-12-21(16)28(33(4,31)32)14-8-13-22(29)27(17(2)23(30)26-3)15-18-9-5-6-10-20(18)25/h5-7,9-12,17H,8,13-15H2,1-4H3,(H,26,30). The van der Waals surface area contributed by atoms with E-state index in [1.807, 2.05) is 6.07 Å². The normalized spacial score (nSPS) is 12.2. The Balaban J connectivity index is 2.19. The molecule has 0 saturated carbocycles. The minimum Gasteiger partial charge on any atom is -0.357 e. The zero-order valence-corrected chi connectivity index (χ0v) is 21.5. The molecular formula is C23H29Cl2N3O4S. The second kappa shape index (κ2) is 11.7. The van der Waals surface area contributed by atoms with Crippen molar-refractivity contribution in [1.82, 2.24) is 10.2 Å². The smallest absolute Gasteiger partial charge is 0.242 e. The van der Waals surface area contributed by atoms with Crippen molar-refractivity contribution < 1.29 is 18.0 Å². The number of carbonyl (C=O) groups excluding carboxylic acids is 2. The fourth-order valence-corrected chi connectivity index (χ4v) is 4.83. The van der Waals surface area contributed by atoms with Crippen molar-refractivity contribution in [2.24, 2.45) is 0 Å². The molecule has 33 heavy (non-hydrogen) atoms. The highest BCUT2D eigenvalue weighted by molar-refractivity contribution is 7.92. The number of amides is 2. The van der Waals surface area contributed by atoms with Gasteiger partial charge in [0.25, 0.3) is 0 Å². The lowest BCUT2D eigenvalue weighted by Gasteiger charge is -2.29. The Morgan fingerprint density at radius 1 is 1.06 bits per heavy atom. The first-order valence-electron chi connectivity index (χ1n) is 10.4. The summed E-state index contributed by atoms with van der Waals surface area (Å²) in [7, 11) is -2.09. The third kappa shape index (κ3) is 7.09. The second-order valence-corrected chi connectivity index (χ2v) is 10.4. The molecule has 0 fully saturated rings. The number of anilines is 1. The number of nitrogens with zero attached hydrogens (tertiary/aromatic N) is 2. The van der Waals surface area contributed by atoms with Gasteiger partial charge in [0, 0.05) is 36.6 Å². The van der Waals surface area contributed by atoms with Gasteiger partial charge in [0.05, 0.1) is 11.9 Å². The third-order valence-corrected chi connectivity index (χ3v) is 7.33. The first-order chi connectivity index (χ1) is 15.5. The average molecular weight is 514 g/mol. The van der Waals surface area contributed by atoms with Crippen molar-refractivity contribution in [3.63, 3.8) is 0 Å². The summed E-state index contributed by atoms with van der Waals surface area (Å²) in [6.45, 7) is 3.65. The van der Waals surface area contributed by atoms with Crippen LogP contribution in [0.3, 0.4) is 0 Å². The lowest BCUT2D eigenvalue weighted by atomic mass is 10.1. The van der Waals surface area contributed by atoms with Crippen LogP contribution in [-0.2, 0) is 26.2 Å². The average Bonchev–Trinajstić information content (AvgIpc) is 2.76. The third-order valence-electron chi connectivity index (χ3n) is 5.37. The molecule has 2 aromatic carbocycles. The maximum atomic E-state index is 13.1. The van der Waals surface area contributed by atoms with Crippen LogP contribution in [0.2, 0.25) is 10.0 Å². The Labute approximate surface area is 205 Å². The molecule has 10 heteroatoms. The molecule has 1 unspecified atom stereocenters. The van der Waals surface area contributed by atoms with Gasteiger partial charge in [-0.1, -0.05) is 47.5 Å². The SMILES string of the molecule is CNC(=O)C(C)N(Cc1ccccc1Cl)C(=O)CCCN(c1cccc(Cl)c1C)S(C)(=O)=O. The van der Waals surface area contributed by atoms with Gasteiger partial charge < -0.3 is 10.2 Å². The van der Waals surface area contributed by atoms with E-state index in [1.54, 1.807) is 50.2 Å². The Morgan fingerprint density at radius 3 is 2.30 bits per heavy atom. The minimum absolute atomic E-state index is 0.0530. The maximum absolute atomic E-state index is 13.1. The molecule has 2 aromatic rings. The number of hydrogen-bond donors (Lipinski definition) is 1. The van der Waals surface area contributed by atoms with E-state index in [0.717, 1.165) is 11.8 Å². The number of rotatable bonds is 10. The summed E-state index contributed by atoms with van der Waals surface area (Å²) < 4.78 is 26.1. The quantitative estimate of drug-likeness (QED) is 0.519. The van der Waals surface area contributed by atoms with Gasteiger partial charge in [0.2, 0.25) is 21.8 Å². The minimum atomic E-state index is -3.60. The fourth-order valence-electron chi connectivity index (χ4n) is 3.45. The van der Waals surface area contributed by atoms with E-state index in [1.165, 1.54) is 16.3 Å². The van der Waals surface area contributed by atoms with Crippen LogP contribution < -0.4 is 9.62 Å². The van der Waals surface area contributed by atoms with Crippen LogP contribution in [0, 0.1) is 6.92 Å². The molecule has 0 saturated heterocycles. The van der Waals surface area contributed by atoms with E-state index in [4.69, 9.17) is 23.2 Å². The highest BCUT2D eigenvalue weighted by Crippen LogP contribution is 2.28. The predicted molar refractivity (Wildman–Crippen MR) is 133 cm³/mol. The maximum Gasteiger partial charge on any atom is 0.242 e. The largest absolute Gasteiger partial charge is 0.357 e. The molecular weight excluding hydrogens is 485 g/mol.